The van der Waals surface area contributed by atoms with Crippen LogP contribution in [0.2, 0.25) is 5.02 Å². The highest BCUT2D eigenvalue weighted by Crippen LogP contribution is 2.60. The predicted molar refractivity (Wildman–Crippen MR) is 232 cm³/mol. The van der Waals surface area contributed by atoms with E-state index in [2.05, 4.69) is 31.1 Å². The summed E-state index contributed by atoms with van der Waals surface area (Å²) in [7, 11) is -3.87. The van der Waals surface area contributed by atoms with Crippen LogP contribution < -0.4 is 15.6 Å². The summed E-state index contributed by atoms with van der Waals surface area (Å²) in [6, 6.07) is 7.92. The van der Waals surface area contributed by atoms with Crippen LogP contribution >= 0.6 is 27.5 Å². The van der Waals surface area contributed by atoms with Gasteiger partial charge in [0.25, 0.3) is 5.56 Å². The Labute approximate surface area is 371 Å². The smallest absolute Gasteiger partial charge is 0.267 e. The lowest BCUT2D eigenvalue weighted by atomic mass is 9.84. The number of sulfonamides is 1. The van der Waals surface area contributed by atoms with Crippen LogP contribution in [0.5, 0.6) is 0 Å². The van der Waals surface area contributed by atoms with E-state index in [-0.39, 0.29) is 101 Å². The molecule has 0 unspecified atom stereocenters. The minimum absolute atomic E-state index is 0.0254. The molecular weight excluding hydrogens is 930 g/mol. The maximum atomic E-state index is 15.2. The predicted octanol–water partition coefficient (Wildman–Crippen LogP) is 7.96. The lowest BCUT2D eigenvalue weighted by molar-refractivity contribution is -0.122. The third kappa shape index (κ3) is 8.13. The lowest BCUT2D eigenvalue weighted by Gasteiger charge is -2.28. The number of anilines is 1. The number of rotatable bonds is 13. The zero-order chi connectivity index (χ0) is 44.1. The molecule has 4 heterocycles. The summed E-state index contributed by atoms with van der Waals surface area (Å²) >= 11 is 10.2. The van der Waals surface area contributed by atoms with E-state index in [4.69, 9.17) is 26.7 Å². The molecule has 0 radical (unpaired) electrons. The fraction of sp³-hybridized carbons (Fsp3) is 0.442. The molecule has 0 bridgehead atoms. The first-order valence-corrected chi connectivity index (χ1v) is 24.3. The maximum Gasteiger partial charge on any atom is 0.267 e. The van der Waals surface area contributed by atoms with Crippen LogP contribution in [0.15, 0.2) is 47.3 Å². The number of hydrogen-bond acceptors (Lipinski definition) is 8. The summed E-state index contributed by atoms with van der Waals surface area (Å²) in [6.45, 7) is 0.0198. The van der Waals surface area contributed by atoms with E-state index in [0.29, 0.717) is 28.8 Å². The van der Waals surface area contributed by atoms with Gasteiger partial charge in [0.15, 0.2) is 11.5 Å². The Morgan fingerprint density at radius 2 is 1.75 bits per heavy atom. The van der Waals surface area contributed by atoms with Crippen molar-refractivity contribution in [3.8, 4) is 5.69 Å². The number of hydrogen-bond donors (Lipinski definition) is 2. The SMILES string of the molecule is CS(=O)(=O)Nc1nn(CCBr)c2c(-n3c([C@H](Cc4cc(F)cc(F)c4)NC(=O)Cn4nc(C5CC5)c5c4C[C@@H]4C[C@H]54)nc4nc(C5CCC(F)(F)CC5)ccc4c3=O)ccc(Cl)c12. The molecular formula is C43H41BrClF4N9O4S. The molecule has 0 spiro atoms. The summed E-state index contributed by atoms with van der Waals surface area (Å²) in [4.78, 5) is 39.4. The van der Waals surface area contributed by atoms with Gasteiger partial charge in [-0.3, -0.25) is 28.2 Å². The van der Waals surface area contributed by atoms with Crippen molar-refractivity contribution in [3.05, 3.63) is 104 Å². The largest absolute Gasteiger partial charge is 0.344 e. The molecule has 4 aromatic heterocycles. The Hall–Kier alpha value is -4.88. The van der Waals surface area contributed by atoms with Gasteiger partial charge in [-0.05, 0) is 92.3 Å². The molecule has 13 nitrogen and oxygen atoms in total. The van der Waals surface area contributed by atoms with E-state index in [9.17, 15) is 30.8 Å². The Balaban J connectivity index is 1.16. The van der Waals surface area contributed by atoms with Crippen LogP contribution in [0, 0.1) is 17.6 Å². The molecule has 10 rings (SSSR count). The fourth-order valence-corrected chi connectivity index (χ4v) is 10.7. The van der Waals surface area contributed by atoms with Gasteiger partial charge in [-0.15, -0.1) is 0 Å². The van der Waals surface area contributed by atoms with Crippen molar-refractivity contribution in [1.82, 2.24) is 39.4 Å². The molecule has 4 aliphatic rings. The number of alkyl halides is 3. The summed E-state index contributed by atoms with van der Waals surface area (Å²) in [5.41, 5.74) is 3.68. The number of halogens is 6. The highest BCUT2D eigenvalue weighted by Gasteiger charge is 2.51. The van der Waals surface area contributed by atoms with Crippen molar-refractivity contribution in [1.29, 1.82) is 0 Å². The number of aryl methyl sites for hydroxylation is 1. The van der Waals surface area contributed by atoms with Crippen molar-refractivity contribution in [2.45, 2.75) is 101 Å². The molecule has 3 atom stereocenters. The van der Waals surface area contributed by atoms with E-state index in [1.165, 1.54) is 26.9 Å². The second kappa shape index (κ2) is 15.7. The summed E-state index contributed by atoms with van der Waals surface area (Å²) in [5.74, 6) is -4.12. The van der Waals surface area contributed by atoms with Gasteiger partial charge in [0.05, 0.1) is 51.5 Å². The molecule has 4 aliphatic carbocycles. The van der Waals surface area contributed by atoms with Gasteiger partial charge in [-0.1, -0.05) is 27.5 Å². The standard InChI is InChI=1S/C43H41BrClF4N9O4S/c1-63(61,62)55-40-36-29(45)5-7-32(38(36)56(54-40)13-12-44)58-41(52-39-27(42(58)60)4-6-30(51-39)22-8-10-43(48,49)11-9-22)31(16-21-14-25(46)19-26(47)15-21)50-34(59)20-57-33-18-24-17-28(24)35(33)37(53-57)23-2-3-23/h4-7,14-15,19,22-24,28,31H,2-3,8-13,16-18,20H2,1H3,(H,50,59)(H,54,55)/t24-,28-,31-/m0/s1. The first-order chi connectivity index (χ1) is 30.0. The number of amides is 1. The molecule has 20 heteroatoms. The Bertz CT molecular complexity index is 3020. The van der Waals surface area contributed by atoms with Gasteiger partial charge < -0.3 is 5.32 Å². The molecule has 63 heavy (non-hydrogen) atoms. The van der Waals surface area contributed by atoms with Crippen LogP contribution in [-0.4, -0.2) is 65.9 Å². The molecule has 6 aromatic rings. The molecule has 2 N–H and O–H groups in total. The summed E-state index contributed by atoms with van der Waals surface area (Å²) < 4.78 is 90.2. The Morgan fingerprint density at radius 1 is 1.00 bits per heavy atom. The average molecular weight is 971 g/mol. The quantitative estimate of drug-likeness (QED) is 0.0872. The fourth-order valence-electron chi connectivity index (χ4n) is 9.62. The van der Waals surface area contributed by atoms with Crippen LogP contribution in [-0.2, 0) is 40.7 Å². The van der Waals surface area contributed by atoms with E-state index in [1.807, 2.05) is 0 Å². The third-order valence-corrected chi connectivity index (χ3v) is 13.9. The van der Waals surface area contributed by atoms with Gasteiger partial charge in [-0.25, -0.2) is 35.9 Å². The summed E-state index contributed by atoms with van der Waals surface area (Å²) in [6.07, 6.45) is 4.46. The number of nitrogens with one attached hydrogen (secondary N) is 2. The van der Waals surface area contributed by atoms with Crippen LogP contribution in [0.3, 0.4) is 0 Å². The first kappa shape index (κ1) is 42.1. The Morgan fingerprint density at radius 3 is 2.44 bits per heavy atom. The first-order valence-electron chi connectivity index (χ1n) is 20.9. The number of nitrogens with zero attached hydrogens (tertiary/aromatic N) is 7. The van der Waals surface area contributed by atoms with Gasteiger partial charge in [0.1, 0.15) is 24.0 Å². The topological polar surface area (TPSA) is 159 Å². The zero-order valence-electron chi connectivity index (χ0n) is 33.9. The number of aromatic nitrogens is 7. The van der Waals surface area contributed by atoms with Crippen LogP contribution in [0.25, 0.3) is 27.6 Å². The van der Waals surface area contributed by atoms with Gasteiger partial charge in [0, 0.05) is 59.4 Å². The number of carbonyl (C=O) groups is 1. The average Bonchev–Trinajstić information content (AvgIpc) is 4.10. The number of pyridine rings is 1. The summed E-state index contributed by atoms with van der Waals surface area (Å²) in [5, 5.41) is 13.2. The van der Waals surface area contributed by atoms with E-state index < -0.39 is 45.1 Å². The van der Waals surface area contributed by atoms with Gasteiger partial charge in [-0.2, -0.15) is 10.2 Å². The molecule has 0 aliphatic heterocycles. The van der Waals surface area contributed by atoms with Crippen molar-refractivity contribution in [3.63, 3.8) is 0 Å². The second-order valence-electron chi connectivity index (χ2n) is 17.4. The molecule has 0 saturated heterocycles. The van der Waals surface area contributed by atoms with Gasteiger partial charge >= 0.3 is 0 Å². The Kier molecular flexibility index (Phi) is 10.5. The minimum atomic E-state index is -3.87. The van der Waals surface area contributed by atoms with Gasteiger partial charge in [0.2, 0.25) is 21.9 Å². The highest BCUT2D eigenvalue weighted by molar-refractivity contribution is 9.09. The maximum absolute atomic E-state index is 15.2. The molecule has 330 valence electrons. The third-order valence-electron chi connectivity index (χ3n) is 12.7. The van der Waals surface area contributed by atoms with Crippen molar-refractivity contribution >= 4 is 71.2 Å². The molecule has 1 amide bonds. The molecule has 3 fully saturated rings. The van der Waals surface area contributed by atoms with Crippen molar-refractivity contribution in [2.75, 3.05) is 16.3 Å². The number of fused-ring (bicyclic) bond motifs is 5. The minimum Gasteiger partial charge on any atom is -0.344 e. The lowest BCUT2D eigenvalue weighted by Crippen LogP contribution is -2.38. The second-order valence-corrected chi connectivity index (χ2v) is 20.3. The number of benzene rings is 2. The monoisotopic (exact) mass is 969 g/mol. The number of carbonyl (C=O) groups excluding carboxylic acids is 1. The van der Waals surface area contributed by atoms with Crippen molar-refractivity contribution < 1.29 is 30.8 Å². The van der Waals surface area contributed by atoms with Crippen molar-refractivity contribution in [2.24, 2.45) is 5.92 Å². The molecule has 2 aromatic carbocycles. The normalized spacial score (nSPS) is 19.9. The van der Waals surface area contributed by atoms with Crippen LogP contribution in [0.1, 0.15) is 103 Å². The van der Waals surface area contributed by atoms with Crippen LogP contribution in [0.4, 0.5) is 23.4 Å². The highest BCUT2D eigenvalue weighted by atomic mass is 79.9. The van der Waals surface area contributed by atoms with E-state index >= 15 is 4.79 Å². The molecule has 3 saturated carbocycles. The zero-order valence-corrected chi connectivity index (χ0v) is 37.0. The van der Waals surface area contributed by atoms with E-state index in [0.717, 1.165) is 61.5 Å². The van der Waals surface area contributed by atoms with E-state index in [1.54, 1.807) is 16.8 Å².